The number of rotatable bonds is 8. The molecule has 0 atom stereocenters. The molecule has 2 N–H and O–H groups in total. The zero-order valence-corrected chi connectivity index (χ0v) is 16.5. The number of anilines is 2. The van der Waals surface area contributed by atoms with E-state index in [-0.39, 0.29) is 30.8 Å². The molecule has 0 fully saturated rings. The highest BCUT2D eigenvalue weighted by atomic mass is 16.2. The molecule has 1 aromatic carbocycles. The molecule has 1 rings (SSSR count). The Hall–Kier alpha value is -2.92. The summed E-state index contributed by atoms with van der Waals surface area (Å²) in [5.41, 5.74) is 0.331. The fourth-order valence-electron chi connectivity index (χ4n) is 2.21. The summed E-state index contributed by atoms with van der Waals surface area (Å²) in [5.74, 6) is -0.644. The van der Waals surface area contributed by atoms with Crippen molar-refractivity contribution in [2.24, 2.45) is 0 Å². The molecule has 0 saturated heterocycles. The molecule has 0 spiro atoms. The summed E-state index contributed by atoms with van der Waals surface area (Å²) in [6.07, 6.45) is 0. The van der Waals surface area contributed by atoms with Gasteiger partial charge in [0.15, 0.2) is 0 Å². The van der Waals surface area contributed by atoms with Crippen molar-refractivity contribution in [1.29, 1.82) is 5.26 Å². The van der Waals surface area contributed by atoms with E-state index in [2.05, 4.69) is 16.7 Å². The molecule has 0 radical (unpaired) electrons. The number of nitrogens with one attached hydrogen (secondary N) is 2. The molecule has 8 nitrogen and oxygen atoms in total. The molecule has 3 amide bonds. The predicted molar refractivity (Wildman–Crippen MR) is 104 cm³/mol. The van der Waals surface area contributed by atoms with E-state index in [1.807, 2.05) is 6.92 Å². The minimum atomic E-state index is -0.908. The van der Waals surface area contributed by atoms with Gasteiger partial charge in [-0.2, -0.15) is 5.26 Å². The summed E-state index contributed by atoms with van der Waals surface area (Å²) in [6.45, 7) is 7.23. The monoisotopic (exact) mass is 373 g/mol. The van der Waals surface area contributed by atoms with Crippen LogP contribution in [0.5, 0.6) is 0 Å². The fraction of sp³-hybridized carbons (Fsp3) is 0.474. The summed E-state index contributed by atoms with van der Waals surface area (Å²) >= 11 is 0. The minimum absolute atomic E-state index is 0.0486. The molecular formula is C19H27N5O3. The van der Waals surface area contributed by atoms with Crippen molar-refractivity contribution in [3.05, 3.63) is 24.3 Å². The first-order valence-corrected chi connectivity index (χ1v) is 8.66. The molecule has 27 heavy (non-hydrogen) atoms. The molecular weight excluding hydrogens is 346 g/mol. The quantitative estimate of drug-likeness (QED) is 0.721. The standard InChI is InChI=1S/C19H27N5O3/c1-6-24(12-18(27)23(5)19(3,4)13-20)11-17(26)22-16-9-7-15(8-10-16)21-14(2)25/h7-10H,6,11-12H2,1-5H3,(H,21,25)(H,22,26). The first kappa shape index (κ1) is 22.1. The molecule has 0 aliphatic carbocycles. The van der Waals surface area contributed by atoms with Gasteiger partial charge in [0.25, 0.3) is 0 Å². The fourth-order valence-corrected chi connectivity index (χ4v) is 2.21. The number of carbonyl (C=O) groups excluding carboxylic acids is 3. The predicted octanol–water partition coefficient (Wildman–Crippen LogP) is 1.67. The van der Waals surface area contributed by atoms with E-state index in [9.17, 15) is 14.4 Å². The third-order valence-corrected chi connectivity index (χ3v) is 4.15. The van der Waals surface area contributed by atoms with Gasteiger partial charge in [0.1, 0.15) is 5.54 Å². The van der Waals surface area contributed by atoms with E-state index in [0.717, 1.165) is 0 Å². The van der Waals surface area contributed by atoms with Crippen LogP contribution in [0.15, 0.2) is 24.3 Å². The molecule has 0 aromatic heterocycles. The van der Waals surface area contributed by atoms with Crippen LogP contribution in [0.3, 0.4) is 0 Å². The molecule has 8 heteroatoms. The number of nitrogens with zero attached hydrogens (tertiary/aromatic N) is 3. The van der Waals surface area contributed by atoms with Crippen LogP contribution in [0.25, 0.3) is 0 Å². The van der Waals surface area contributed by atoms with Gasteiger partial charge in [-0.05, 0) is 44.7 Å². The van der Waals surface area contributed by atoms with Crippen LogP contribution in [-0.4, -0.2) is 59.7 Å². The number of benzene rings is 1. The molecule has 0 unspecified atom stereocenters. The van der Waals surface area contributed by atoms with Crippen molar-refractivity contribution in [2.45, 2.75) is 33.2 Å². The summed E-state index contributed by atoms with van der Waals surface area (Å²) in [7, 11) is 1.58. The highest BCUT2D eigenvalue weighted by Crippen LogP contribution is 2.14. The summed E-state index contributed by atoms with van der Waals surface area (Å²) in [6, 6.07) is 8.84. The lowest BCUT2D eigenvalue weighted by Gasteiger charge is -2.31. The van der Waals surface area contributed by atoms with Crippen molar-refractivity contribution in [2.75, 3.05) is 37.3 Å². The highest BCUT2D eigenvalue weighted by Gasteiger charge is 2.28. The normalized spacial score (nSPS) is 10.9. The Bertz CT molecular complexity index is 722. The van der Waals surface area contributed by atoms with Gasteiger partial charge in [-0.1, -0.05) is 6.92 Å². The van der Waals surface area contributed by atoms with Crippen molar-refractivity contribution in [3.63, 3.8) is 0 Å². The number of amides is 3. The maximum absolute atomic E-state index is 12.4. The number of hydrogen-bond acceptors (Lipinski definition) is 5. The Kier molecular flexibility index (Phi) is 7.94. The molecule has 0 bridgehead atoms. The second-order valence-corrected chi connectivity index (χ2v) is 6.73. The Balaban J connectivity index is 2.62. The smallest absolute Gasteiger partial charge is 0.238 e. The van der Waals surface area contributed by atoms with E-state index in [4.69, 9.17) is 5.26 Å². The van der Waals surface area contributed by atoms with Gasteiger partial charge < -0.3 is 15.5 Å². The van der Waals surface area contributed by atoms with E-state index in [1.165, 1.54) is 11.8 Å². The van der Waals surface area contributed by atoms with Gasteiger partial charge >= 0.3 is 0 Å². The lowest BCUT2D eigenvalue weighted by molar-refractivity contribution is -0.134. The zero-order valence-electron chi connectivity index (χ0n) is 16.5. The average molecular weight is 373 g/mol. The maximum atomic E-state index is 12.4. The third kappa shape index (κ3) is 7.07. The van der Waals surface area contributed by atoms with Gasteiger partial charge in [0.2, 0.25) is 17.7 Å². The number of likely N-dealkylation sites (N-methyl/N-ethyl adjacent to an activating group) is 2. The molecule has 0 aliphatic heterocycles. The van der Waals surface area contributed by atoms with Crippen LogP contribution in [0.2, 0.25) is 0 Å². The molecule has 146 valence electrons. The second-order valence-electron chi connectivity index (χ2n) is 6.73. The van der Waals surface area contributed by atoms with E-state index in [0.29, 0.717) is 17.9 Å². The lowest BCUT2D eigenvalue weighted by atomic mass is 10.1. The van der Waals surface area contributed by atoms with Crippen molar-refractivity contribution in [1.82, 2.24) is 9.80 Å². The summed E-state index contributed by atoms with van der Waals surface area (Å²) < 4.78 is 0. The minimum Gasteiger partial charge on any atom is -0.326 e. The Morgan fingerprint density at radius 2 is 1.59 bits per heavy atom. The van der Waals surface area contributed by atoms with Gasteiger partial charge in [-0.25, -0.2) is 0 Å². The van der Waals surface area contributed by atoms with Crippen LogP contribution in [-0.2, 0) is 14.4 Å². The molecule has 0 heterocycles. The second kappa shape index (κ2) is 9.69. The van der Waals surface area contributed by atoms with Crippen LogP contribution in [0.4, 0.5) is 11.4 Å². The Morgan fingerprint density at radius 1 is 1.07 bits per heavy atom. The lowest BCUT2D eigenvalue weighted by Crippen LogP contribution is -2.49. The van der Waals surface area contributed by atoms with Crippen LogP contribution < -0.4 is 10.6 Å². The zero-order chi connectivity index (χ0) is 20.6. The average Bonchev–Trinajstić information content (AvgIpc) is 2.61. The largest absolute Gasteiger partial charge is 0.326 e. The van der Waals surface area contributed by atoms with Gasteiger partial charge in [-0.15, -0.1) is 0 Å². The Morgan fingerprint density at radius 3 is 2.04 bits per heavy atom. The first-order valence-electron chi connectivity index (χ1n) is 8.66. The van der Waals surface area contributed by atoms with Crippen LogP contribution in [0.1, 0.15) is 27.7 Å². The topological polar surface area (TPSA) is 106 Å². The third-order valence-electron chi connectivity index (χ3n) is 4.15. The highest BCUT2D eigenvalue weighted by molar-refractivity contribution is 5.93. The Labute approximate surface area is 160 Å². The van der Waals surface area contributed by atoms with Crippen LogP contribution >= 0.6 is 0 Å². The maximum Gasteiger partial charge on any atom is 0.238 e. The van der Waals surface area contributed by atoms with Crippen molar-refractivity contribution < 1.29 is 14.4 Å². The summed E-state index contributed by atoms with van der Waals surface area (Å²) in [4.78, 5) is 38.7. The van der Waals surface area contributed by atoms with Gasteiger partial charge in [-0.3, -0.25) is 19.3 Å². The van der Waals surface area contributed by atoms with E-state index < -0.39 is 5.54 Å². The molecule has 0 saturated carbocycles. The van der Waals surface area contributed by atoms with E-state index >= 15 is 0 Å². The SMILES string of the molecule is CCN(CC(=O)Nc1ccc(NC(C)=O)cc1)CC(=O)N(C)C(C)(C)C#N. The van der Waals surface area contributed by atoms with Crippen LogP contribution in [0, 0.1) is 11.3 Å². The van der Waals surface area contributed by atoms with Crippen molar-refractivity contribution >= 4 is 29.1 Å². The van der Waals surface area contributed by atoms with Gasteiger partial charge in [0, 0.05) is 25.3 Å². The first-order chi connectivity index (χ1) is 12.6. The summed E-state index contributed by atoms with van der Waals surface area (Å²) in [5, 5.41) is 14.5. The van der Waals surface area contributed by atoms with Gasteiger partial charge in [0.05, 0.1) is 19.2 Å². The molecule has 0 aliphatic rings. The number of hydrogen-bond donors (Lipinski definition) is 2. The molecule has 1 aromatic rings. The van der Waals surface area contributed by atoms with Crippen molar-refractivity contribution in [3.8, 4) is 6.07 Å². The number of nitriles is 1. The van der Waals surface area contributed by atoms with E-state index in [1.54, 1.807) is 50.1 Å². The number of carbonyl (C=O) groups is 3.